The van der Waals surface area contributed by atoms with E-state index >= 15 is 0 Å². The number of hydrogen-bond donors (Lipinski definition) is 0. The van der Waals surface area contributed by atoms with Gasteiger partial charge in [-0.3, -0.25) is 9.59 Å². The number of benzene rings is 2. The number of piperazine rings is 1. The molecule has 1 fully saturated rings. The number of amides is 2. The van der Waals surface area contributed by atoms with Crippen LogP contribution in [0, 0.1) is 12.7 Å². The predicted octanol–water partition coefficient (Wildman–Crippen LogP) is 3.94. The van der Waals surface area contributed by atoms with Crippen LogP contribution >= 0.6 is 0 Å². The largest absolute Gasteiger partial charge is 0.497 e. The molecule has 2 amide bonds. The molecule has 2 aromatic carbocycles. The highest BCUT2D eigenvalue weighted by Crippen LogP contribution is 2.28. The maximum Gasteiger partial charge on any atom is 0.259 e. The molecule has 5 rings (SSSR count). The Balaban J connectivity index is 1.37. The Kier molecular flexibility index (Phi) is 5.90. The van der Waals surface area contributed by atoms with Crippen LogP contribution in [-0.2, 0) is 0 Å². The summed E-state index contributed by atoms with van der Waals surface area (Å²) in [7, 11) is 1.58. The Morgan fingerprint density at radius 1 is 0.943 bits per heavy atom. The monoisotopic (exact) mass is 474 g/mol. The number of nitrogens with zero attached hydrogens (tertiary/aromatic N) is 4. The number of hydrogen-bond acceptors (Lipinski definition) is 6. The van der Waals surface area contributed by atoms with Gasteiger partial charge in [0.1, 0.15) is 11.6 Å². The zero-order valence-electron chi connectivity index (χ0n) is 19.3. The molecule has 2 aromatic heterocycles. The SMILES string of the molecule is COc1ccc(C(=O)N2CCN(C(=O)c3cc(-c4ccc(F)cc4)nc4onc(C)c34)CC2)cc1. The fourth-order valence-electron chi connectivity index (χ4n) is 4.23. The van der Waals surface area contributed by atoms with E-state index in [4.69, 9.17) is 9.26 Å². The minimum atomic E-state index is -0.358. The first-order chi connectivity index (χ1) is 16.9. The minimum Gasteiger partial charge on any atom is -0.497 e. The van der Waals surface area contributed by atoms with Gasteiger partial charge in [-0.25, -0.2) is 9.37 Å². The second-order valence-corrected chi connectivity index (χ2v) is 8.32. The van der Waals surface area contributed by atoms with Crippen LogP contribution in [0.3, 0.4) is 0 Å². The summed E-state index contributed by atoms with van der Waals surface area (Å²) in [6.45, 7) is 3.37. The number of carbonyl (C=O) groups excluding carboxylic acids is 2. The zero-order chi connectivity index (χ0) is 24.5. The number of carbonyl (C=O) groups is 2. The van der Waals surface area contributed by atoms with Gasteiger partial charge in [-0.15, -0.1) is 0 Å². The van der Waals surface area contributed by atoms with Crippen molar-refractivity contribution in [3.63, 3.8) is 0 Å². The van der Waals surface area contributed by atoms with Crippen LogP contribution in [-0.4, -0.2) is 65.0 Å². The van der Waals surface area contributed by atoms with Crippen molar-refractivity contribution in [2.45, 2.75) is 6.92 Å². The topological polar surface area (TPSA) is 88.8 Å². The molecule has 1 aliphatic rings. The molecular weight excluding hydrogens is 451 g/mol. The van der Waals surface area contributed by atoms with Crippen molar-refractivity contribution in [3.05, 3.63) is 77.2 Å². The minimum absolute atomic E-state index is 0.0838. The van der Waals surface area contributed by atoms with E-state index < -0.39 is 0 Å². The summed E-state index contributed by atoms with van der Waals surface area (Å²) in [5.74, 6) is 0.0523. The van der Waals surface area contributed by atoms with Crippen LogP contribution < -0.4 is 4.74 Å². The van der Waals surface area contributed by atoms with Crippen molar-refractivity contribution in [2.75, 3.05) is 33.3 Å². The van der Waals surface area contributed by atoms with Crippen molar-refractivity contribution >= 4 is 22.9 Å². The van der Waals surface area contributed by atoms with E-state index in [9.17, 15) is 14.0 Å². The van der Waals surface area contributed by atoms with Crippen molar-refractivity contribution in [1.29, 1.82) is 0 Å². The molecule has 1 aliphatic heterocycles. The lowest BCUT2D eigenvalue weighted by Gasteiger charge is -2.35. The number of aromatic nitrogens is 2. The Bertz CT molecular complexity index is 1390. The number of ether oxygens (including phenoxy) is 1. The van der Waals surface area contributed by atoms with Crippen molar-refractivity contribution in [1.82, 2.24) is 19.9 Å². The van der Waals surface area contributed by atoms with E-state index in [1.54, 1.807) is 66.3 Å². The van der Waals surface area contributed by atoms with E-state index in [2.05, 4.69) is 10.1 Å². The molecule has 35 heavy (non-hydrogen) atoms. The summed E-state index contributed by atoms with van der Waals surface area (Å²) in [4.78, 5) is 34.4. The molecule has 0 bridgehead atoms. The van der Waals surface area contributed by atoms with E-state index in [0.717, 1.165) is 0 Å². The maximum atomic E-state index is 13.6. The van der Waals surface area contributed by atoms with Gasteiger partial charge in [0.15, 0.2) is 0 Å². The van der Waals surface area contributed by atoms with Gasteiger partial charge < -0.3 is 19.1 Å². The second kappa shape index (κ2) is 9.17. The third-order valence-electron chi connectivity index (χ3n) is 6.18. The van der Waals surface area contributed by atoms with Gasteiger partial charge in [0, 0.05) is 37.3 Å². The molecule has 178 valence electrons. The number of rotatable bonds is 4. The highest BCUT2D eigenvalue weighted by molar-refractivity contribution is 6.07. The number of fused-ring (bicyclic) bond motifs is 1. The van der Waals surface area contributed by atoms with Crippen LogP contribution in [0.15, 0.2) is 59.1 Å². The Morgan fingerprint density at radius 2 is 1.57 bits per heavy atom. The van der Waals surface area contributed by atoms with E-state index in [1.807, 2.05) is 0 Å². The average Bonchev–Trinajstić information content (AvgIpc) is 3.28. The van der Waals surface area contributed by atoms with Crippen molar-refractivity contribution in [3.8, 4) is 17.0 Å². The lowest BCUT2D eigenvalue weighted by atomic mass is 10.0. The molecule has 4 aromatic rings. The second-order valence-electron chi connectivity index (χ2n) is 8.32. The Hall–Kier alpha value is -4.27. The number of pyridine rings is 1. The number of methoxy groups -OCH3 is 1. The molecule has 0 unspecified atom stereocenters. The quantitative estimate of drug-likeness (QED) is 0.445. The van der Waals surface area contributed by atoms with E-state index in [-0.39, 0.29) is 23.3 Å². The molecular formula is C26H23FN4O4. The molecule has 1 saturated heterocycles. The fourth-order valence-corrected chi connectivity index (χ4v) is 4.23. The van der Waals surface area contributed by atoms with Crippen LogP contribution in [0.5, 0.6) is 5.75 Å². The predicted molar refractivity (Wildman–Crippen MR) is 127 cm³/mol. The maximum absolute atomic E-state index is 13.6. The van der Waals surface area contributed by atoms with Gasteiger partial charge in [0.2, 0.25) is 0 Å². The van der Waals surface area contributed by atoms with Crippen molar-refractivity contribution in [2.24, 2.45) is 0 Å². The lowest BCUT2D eigenvalue weighted by molar-refractivity contribution is 0.0536. The molecule has 0 spiro atoms. The lowest BCUT2D eigenvalue weighted by Crippen LogP contribution is -2.50. The summed E-state index contributed by atoms with van der Waals surface area (Å²) < 4.78 is 23.9. The van der Waals surface area contributed by atoms with Gasteiger partial charge in [-0.1, -0.05) is 5.16 Å². The van der Waals surface area contributed by atoms with E-state index in [0.29, 0.717) is 65.4 Å². The number of halogens is 1. The van der Waals surface area contributed by atoms with Crippen LogP contribution in [0.25, 0.3) is 22.4 Å². The van der Waals surface area contributed by atoms with Crippen LogP contribution in [0.1, 0.15) is 26.4 Å². The molecule has 0 atom stereocenters. The Morgan fingerprint density at radius 3 is 2.20 bits per heavy atom. The number of aryl methyl sites for hydroxylation is 1. The summed E-state index contributed by atoms with van der Waals surface area (Å²) in [5, 5.41) is 4.54. The third kappa shape index (κ3) is 4.32. The smallest absolute Gasteiger partial charge is 0.259 e. The fraction of sp³-hybridized carbons (Fsp3) is 0.231. The first-order valence-electron chi connectivity index (χ1n) is 11.2. The summed E-state index contributed by atoms with van der Waals surface area (Å²) >= 11 is 0. The molecule has 0 aliphatic carbocycles. The normalized spacial score (nSPS) is 13.8. The molecule has 0 saturated carbocycles. The average molecular weight is 474 g/mol. The first-order valence-corrected chi connectivity index (χ1v) is 11.2. The first kappa shape index (κ1) is 22.5. The van der Waals surface area contributed by atoms with Crippen LogP contribution in [0.4, 0.5) is 4.39 Å². The highest BCUT2D eigenvalue weighted by Gasteiger charge is 2.28. The molecule has 8 nitrogen and oxygen atoms in total. The molecule has 0 N–H and O–H groups in total. The third-order valence-corrected chi connectivity index (χ3v) is 6.18. The summed E-state index contributed by atoms with van der Waals surface area (Å²) in [6.07, 6.45) is 0. The van der Waals surface area contributed by atoms with Crippen molar-refractivity contribution < 1.29 is 23.2 Å². The summed E-state index contributed by atoms with van der Waals surface area (Å²) in [6, 6.07) is 14.5. The standard InChI is InChI=1S/C26H23FN4O4/c1-16-23-21(15-22(28-24(23)35-29-16)17-3-7-19(27)8-4-17)26(33)31-13-11-30(12-14-31)25(32)18-5-9-20(34-2)10-6-18/h3-10,15H,11-14H2,1-2H3. The molecule has 9 heteroatoms. The van der Waals surface area contributed by atoms with Gasteiger partial charge in [-0.05, 0) is 61.5 Å². The van der Waals surface area contributed by atoms with Gasteiger partial charge in [0.25, 0.3) is 17.5 Å². The molecule has 0 radical (unpaired) electrons. The highest BCUT2D eigenvalue weighted by atomic mass is 19.1. The van der Waals surface area contributed by atoms with Gasteiger partial charge in [0.05, 0.1) is 29.4 Å². The zero-order valence-corrected chi connectivity index (χ0v) is 19.3. The van der Waals surface area contributed by atoms with Crippen LogP contribution in [0.2, 0.25) is 0 Å². The Labute approximate surface area is 200 Å². The molecule has 3 heterocycles. The van der Waals surface area contributed by atoms with Gasteiger partial charge >= 0.3 is 0 Å². The van der Waals surface area contributed by atoms with E-state index in [1.165, 1.54) is 12.1 Å². The van der Waals surface area contributed by atoms with Gasteiger partial charge in [-0.2, -0.15) is 0 Å². The summed E-state index contributed by atoms with van der Waals surface area (Å²) in [5.41, 5.74) is 2.96.